The fourth-order valence-corrected chi connectivity index (χ4v) is 2.37. The van der Waals surface area contributed by atoms with E-state index in [2.05, 4.69) is 53.5 Å². The van der Waals surface area contributed by atoms with E-state index in [0.29, 0.717) is 17.5 Å². The van der Waals surface area contributed by atoms with Crippen molar-refractivity contribution in [3.63, 3.8) is 0 Å². The number of phenols is 1. The second-order valence-corrected chi connectivity index (χ2v) is 8.05. The molecule has 102 valence electrons. The maximum atomic E-state index is 9.68. The zero-order chi connectivity index (χ0) is 14.0. The summed E-state index contributed by atoms with van der Waals surface area (Å²) in [5, 5.41) is 13.6. The third kappa shape index (κ3) is 4.10. The number of aromatic hydroxyl groups is 1. The molecule has 6 heteroatoms. The number of aromatic nitrogens is 2. The summed E-state index contributed by atoms with van der Waals surface area (Å²) in [6.07, 6.45) is 0. The molecule has 0 fully saturated rings. The second kappa shape index (κ2) is 5.70. The second-order valence-electron chi connectivity index (χ2n) is 5.08. The van der Waals surface area contributed by atoms with Gasteiger partial charge in [-0.25, -0.2) is 0 Å². The molecule has 1 aromatic heterocycles. The Morgan fingerprint density at radius 1 is 1.37 bits per heavy atom. The first-order valence-corrected chi connectivity index (χ1v) is 7.87. The summed E-state index contributed by atoms with van der Waals surface area (Å²) in [7, 11) is 0. The van der Waals surface area contributed by atoms with Crippen molar-refractivity contribution >= 4 is 34.4 Å². The highest BCUT2D eigenvalue weighted by Crippen LogP contribution is 2.29. The van der Waals surface area contributed by atoms with Gasteiger partial charge in [-0.3, -0.25) is 0 Å². The highest BCUT2D eigenvalue weighted by atomic mass is 127. The number of hydrogen-bond acceptors (Lipinski definition) is 5. The van der Waals surface area contributed by atoms with Crippen LogP contribution in [-0.2, 0) is 5.75 Å². The SMILES string of the molecule is CC(C)(C)SCc1noc(-c2ccc(I)c(O)c2)n1. The van der Waals surface area contributed by atoms with Gasteiger partial charge in [-0.05, 0) is 40.8 Å². The van der Waals surface area contributed by atoms with Crippen LogP contribution in [-0.4, -0.2) is 20.0 Å². The molecule has 2 rings (SSSR count). The molecule has 0 aliphatic rings. The molecule has 0 amide bonds. The predicted octanol–water partition coefficient (Wildman–Crippen LogP) is 4.08. The van der Waals surface area contributed by atoms with Crippen molar-refractivity contribution in [3.05, 3.63) is 27.6 Å². The molecule has 1 N–H and O–H groups in total. The van der Waals surface area contributed by atoms with Crippen LogP contribution in [0, 0.1) is 3.57 Å². The minimum atomic E-state index is 0.169. The van der Waals surface area contributed by atoms with Crippen LogP contribution in [0.2, 0.25) is 0 Å². The minimum absolute atomic E-state index is 0.169. The van der Waals surface area contributed by atoms with Gasteiger partial charge in [-0.2, -0.15) is 4.98 Å². The molecule has 0 saturated carbocycles. The van der Waals surface area contributed by atoms with E-state index in [9.17, 15) is 5.11 Å². The van der Waals surface area contributed by atoms with E-state index in [1.54, 1.807) is 17.8 Å². The molecule has 0 aliphatic heterocycles. The van der Waals surface area contributed by atoms with Crippen LogP contribution in [0.1, 0.15) is 26.6 Å². The topological polar surface area (TPSA) is 59.2 Å². The number of nitrogens with zero attached hydrogens (tertiary/aromatic N) is 2. The van der Waals surface area contributed by atoms with E-state index in [1.807, 2.05) is 12.1 Å². The number of phenolic OH excluding ortho intramolecular Hbond substituents is 1. The lowest BCUT2D eigenvalue weighted by atomic mass is 10.2. The Bertz CT molecular complexity index is 578. The maximum absolute atomic E-state index is 9.68. The summed E-state index contributed by atoms with van der Waals surface area (Å²) in [4.78, 5) is 4.34. The molecule has 1 aromatic carbocycles. The summed E-state index contributed by atoms with van der Waals surface area (Å²) in [6.45, 7) is 6.45. The molecule has 0 aliphatic carbocycles. The molecule has 0 bridgehead atoms. The van der Waals surface area contributed by atoms with E-state index < -0.39 is 0 Å². The van der Waals surface area contributed by atoms with Gasteiger partial charge in [0.15, 0.2) is 5.82 Å². The molecule has 0 atom stereocenters. The average molecular weight is 390 g/mol. The maximum Gasteiger partial charge on any atom is 0.258 e. The van der Waals surface area contributed by atoms with Crippen LogP contribution in [0.5, 0.6) is 5.75 Å². The van der Waals surface area contributed by atoms with Crippen molar-refractivity contribution in [2.45, 2.75) is 31.3 Å². The van der Waals surface area contributed by atoms with E-state index in [4.69, 9.17) is 4.52 Å². The Morgan fingerprint density at radius 2 is 2.11 bits per heavy atom. The summed E-state index contributed by atoms with van der Waals surface area (Å²) in [5.74, 6) is 2.05. The van der Waals surface area contributed by atoms with Crippen LogP contribution >= 0.6 is 34.4 Å². The quantitative estimate of drug-likeness (QED) is 0.801. The Balaban J connectivity index is 2.14. The Hall–Kier alpha value is -0.760. The van der Waals surface area contributed by atoms with E-state index >= 15 is 0 Å². The summed E-state index contributed by atoms with van der Waals surface area (Å²) >= 11 is 3.83. The number of halogens is 1. The first kappa shape index (κ1) is 14.6. The van der Waals surface area contributed by atoms with E-state index in [1.165, 1.54) is 0 Å². The van der Waals surface area contributed by atoms with Crippen LogP contribution in [0.15, 0.2) is 22.7 Å². The molecule has 2 aromatic rings. The summed E-state index contributed by atoms with van der Waals surface area (Å²) in [6, 6.07) is 5.31. The molecular weight excluding hydrogens is 375 g/mol. The number of benzene rings is 1. The smallest absolute Gasteiger partial charge is 0.258 e. The van der Waals surface area contributed by atoms with Crippen LogP contribution in [0.4, 0.5) is 0 Å². The van der Waals surface area contributed by atoms with Crippen molar-refractivity contribution in [2.75, 3.05) is 0 Å². The van der Waals surface area contributed by atoms with Gasteiger partial charge in [0.2, 0.25) is 0 Å². The van der Waals surface area contributed by atoms with Crippen molar-refractivity contribution in [1.82, 2.24) is 10.1 Å². The normalized spacial score (nSPS) is 11.8. The molecular formula is C13H15IN2O2S. The Labute approximate surface area is 130 Å². The Kier molecular flexibility index (Phi) is 4.39. The van der Waals surface area contributed by atoms with Crippen LogP contribution < -0.4 is 0 Å². The monoisotopic (exact) mass is 390 g/mol. The van der Waals surface area contributed by atoms with Crippen molar-refractivity contribution in [3.8, 4) is 17.2 Å². The van der Waals surface area contributed by atoms with Gasteiger partial charge in [-0.1, -0.05) is 25.9 Å². The number of thioether (sulfide) groups is 1. The van der Waals surface area contributed by atoms with Crippen molar-refractivity contribution in [1.29, 1.82) is 0 Å². The zero-order valence-corrected chi connectivity index (χ0v) is 13.9. The molecule has 0 spiro atoms. The highest BCUT2D eigenvalue weighted by Gasteiger charge is 2.15. The van der Waals surface area contributed by atoms with Gasteiger partial charge in [0.1, 0.15) is 5.75 Å². The summed E-state index contributed by atoms with van der Waals surface area (Å²) in [5.41, 5.74) is 0.734. The third-order valence-corrected chi connectivity index (χ3v) is 4.48. The van der Waals surface area contributed by atoms with E-state index in [-0.39, 0.29) is 10.5 Å². The van der Waals surface area contributed by atoms with Gasteiger partial charge in [-0.15, -0.1) is 11.8 Å². The van der Waals surface area contributed by atoms with E-state index in [0.717, 1.165) is 9.13 Å². The lowest BCUT2D eigenvalue weighted by molar-refractivity contribution is 0.424. The van der Waals surface area contributed by atoms with Crippen LogP contribution in [0.3, 0.4) is 0 Å². The number of hydrogen-bond donors (Lipinski definition) is 1. The fourth-order valence-electron chi connectivity index (χ4n) is 1.36. The Morgan fingerprint density at radius 3 is 2.74 bits per heavy atom. The average Bonchev–Trinajstić information content (AvgIpc) is 2.78. The molecule has 1 heterocycles. The molecule has 0 radical (unpaired) electrons. The third-order valence-electron chi connectivity index (χ3n) is 2.30. The van der Waals surface area contributed by atoms with Gasteiger partial charge < -0.3 is 9.63 Å². The van der Waals surface area contributed by atoms with Gasteiger partial charge >= 0.3 is 0 Å². The first-order chi connectivity index (χ1) is 8.85. The molecule has 19 heavy (non-hydrogen) atoms. The largest absolute Gasteiger partial charge is 0.507 e. The first-order valence-electron chi connectivity index (χ1n) is 5.80. The molecule has 0 unspecified atom stereocenters. The fraction of sp³-hybridized carbons (Fsp3) is 0.385. The van der Waals surface area contributed by atoms with Gasteiger partial charge in [0, 0.05) is 10.3 Å². The molecule has 0 saturated heterocycles. The lowest BCUT2D eigenvalue weighted by Crippen LogP contribution is -2.07. The molecule has 4 nitrogen and oxygen atoms in total. The van der Waals surface area contributed by atoms with Crippen molar-refractivity contribution in [2.24, 2.45) is 0 Å². The predicted molar refractivity (Wildman–Crippen MR) is 85.2 cm³/mol. The minimum Gasteiger partial charge on any atom is -0.507 e. The standard InChI is InChI=1S/C13H15IN2O2S/c1-13(2,3)19-7-11-15-12(18-16-11)8-4-5-9(14)10(17)6-8/h4-6,17H,7H2,1-3H3. The summed E-state index contributed by atoms with van der Waals surface area (Å²) < 4.78 is 6.19. The van der Waals surface area contributed by atoms with Crippen molar-refractivity contribution < 1.29 is 9.63 Å². The lowest BCUT2D eigenvalue weighted by Gasteiger charge is -2.15. The number of rotatable bonds is 3. The highest BCUT2D eigenvalue weighted by molar-refractivity contribution is 14.1. The van der Waals surface area contributed by atoms with Gasteiger partial charge in [0.25, 0.3) is 5.89 Å². The van der Waals surface area contributed by atoms with Crippen LogP contribution in [0.25, 0.3) is 11.5 Å². The zero-order valence-electron chi connectivity index (χ0n) is 11.0. The van der Waals surface area contributed by atoms with Gasteiger partial charge in [0.05, 0.1) is 9.32 Å².